The molecule has 1 heteroatoms. The average Bonchev–Trinajstić information content (AvgIpc) is 2.15. The van der Waals surface area contributed by atoms with E-state index in [-0.39, 0.29) is 10.8 Å². The van der Waals surface area contributed by atoms with Crippen LogP contribution >= 0.6 is 0 Å². The molecule has 2 saturated carbocycles. The van der Waals surface area contributed by atoms with Gasteiger partial charge in [-0.2, -0.15) is 0 Å². The molecule has 0 amide bonds. The minimum Gasteiger partial charge on any atom is -0.300 e. The lowest BCUT2D eigenvalue weighted by atomic mass is 9.52. The lowest BCUT2D eigenvalue weighted by Crippen LogP contribution is -2.44. The van der Waals surface area contributed by atoms with Crippen molar-refractivity contribution in [2.24, 2.45) is 10.8 Å². The third kappa shape index (κ3) is 1.77. The number of allylic oxidation sites excluding steroid dienone is 1. The van der Waals surface area contributed by atoms with Gasteiger partial charge in [-0.25, -0.2) is 0 Å². The van der Waals surface area contributed by atoms with Crippen molar-refractivity contribution in [2.45, 2.75) is 58.8 Å². The van der Waals surface area contributed by atoms with Crippen LogP contribution in [0.25, 0.3) is 0 Å². The topological polar surface area (TPSA) is 17.1 Å². The van der Waals surface area contributed by atoms with Crippen LogP contribution in [0.5, 0.6) is 0 Å². The maximum absolute atomic E-state index is 11.9. The zero-order valence-corrected chi connectivity index (χ0v) is 10.1. The minimum atomic E-state index is 0.278. The van der Waals surface area contributed by atoms with Crippen molar-refractivity contribution in [3.63, 3.8) is 0 Å². The molecule has 0 aliphatic heterocycles. The summed E-state index contributed by atoms with van der Waals surface area (Å²) < 4.78 is 0. The Bertz CT molecular complexity index is 254. The minimum absolute atomic E-state index is 0.278. The predicted molar refractivity (Wildman–Crippen MR) is 62.7 cm³/mol. The van der Waals surface area contributed by atoms with Crippen LogP contribution in [0.2, 0.25) is 0 Å². The van der Waals surface area contributed by atoms with Crippen LogP contribution in [-0.2, 0) is 4.79 Å². The summed E-state index contributed by atoms with van der Waals surface area (Å²) in [6.45, 7) is 8.66. The van der Waals surface area contributed by atoms with Crippen LogP contribution in [0.4, 0.5) is 0 Å². The summed E-state index contributed by atoms with van der Waals surface area (Å²) in [5, 5.41) is 0. The van der Waals surface area contributed by atoms with Gasteiger partial charge in [0.2, 0.25) is 0 Å². The van der Waals surface area contributed by atoms with Gasteiger partial charge in [0.05, 0.1) is 0 Å². The molecule has 2 bridgehead atoms. The quantitative estimate of drug-likeness (QED) is 0.627. The van der Waals surface area contributed by atoms with E-state index in [1.807, 2.05) is 0 Å². The highest BCUT2D eigenvalue weighted by Crippen LogP contribution is 2.58. The molecule has 0 aromatic rings. The molecule has 2 aliphatic carbocycles. The third-order valence-corrected chi connectivity index (χ3v) is 4.64. The standard InChI is InChI=1S/C14H22O/c1-4-13-6-11(3)7-14(5-2,10-13)9-12(15)8-13/h3-10H2,1-2H3. The first-order chi connectivity index (χ1) is 7.03. The number of carbonyl (C=O) groups excluding carboxylic acids is 1. The van der Waals surface area contributed by atoms with Crippen molar-refractivity contribution in [3.05, 3.63) is 12.2 Å². The molecule has 15 heavy (non-hydrogen) atoms. The summed E-state index contributed by atoms with van der Waals surface area (Å²) in [7, 11) is 0. The normalized spacial score (nSPS) is 40.7. The fraction of sp³-hybridized carbons (Fsp3) is 0.786. The maximum Gasteiger partial charge on any atom is 0.134 e. The number of ketones is 1. The van der Waals surface area contributed by atoms with Crippen molar-refractivity contribution < 1.29 is 4.79 Å². The Morgan fingerprint density at radius 2 is 1.53 bits per heavy atom. The molecular formula is C14H22O. The Morgan fingerprint density at radius 3 is 1.93 bits per heavy atom. The van der Waals surface area contributed by atoms with Crippen molar-refractivity contribution in [1.29, 1.82) is 0 Å². The second kappa shape index (κ2) is 3.47. The number of hydrogen-bond donors (Lipinski definition) is 0. The van der Waals surface area contributed by atoms with Gasteiger partial charge in [-0.3, -0.25) is 4.79 Å². The van der Waals surface area contributed by atoms with E-state index < -0.39 is 0 Å². The van der Waals surface area contributed by atoms with Crippen LogP contribution < -0.4 is 0 Å². The highest BCUT2D eigenvalue weighted by atomic mass is 16.1. The smallest absolute Gasteiger partial charge is 0.134 e. The first-order valence-corrected chi connectivity index (χ1v) is 6.21. The van der Waals surface area contributed by atoms with Gasteiger partial charge >= 0.3 is 0 Å². The molecule has 0 N–H and O–H groups in total. The first-order valence-electron chi connectivity index (χ1n) is 6.21. The molecular weight excluding hydrogens is 184 g/mol. The lowest BCUT2D eigenvalue weighted by molar-refractivity contribution is -0.131. The van der Waals surface area contributed by atoms with Gasteiger partial charge in [0.15, 0.2) is 0 Å². The fourth-order valence-corrected chi connectivity index (χ4v) is 3.94. The predicted octanol–water partition coefficient (Wildman–Crippen LogP) is 3.88. The van der Waals surface area contributed by atoms with Gasteiger partial charge in [0.25, 0.3) is 0 Å². The Balaban J connectivity index is 2.34. The molecule has 0 heterocycles. The number of Topliss-reactive ketones (excluding diaryl/α,β-unsaturated/α-hetero) is 1. The summed E-state index contributed by atoms with van der Waals surface area (Å²) in [5.41, 5.74) is 1.94. The Morgan fingerprint density at radius 1 is 1.07 bits per heavy atom. The van der Waals surface area contributed by atoms with Gasteiger partial charge in [-0.1, -0.05) is 26.0 Å². The molecule has 2 fully saturated rings. The number of rotatable bonds is 2. The molecule has 0 spiro atoms. The molecule has 0 aromatic carbocycles. The zero-order valence-electron chi connectivity index (χ0n) is 10.1. The largest absolute Gasteiger partial charge is 0.300 e. The van der Waals surface area contributed by atoms with Crippen LogP contribution in [-0.4, -0.2) is 5.78 Å². The van der Waals surface area contributed by atoms with E-state index in [1.165, 1.54) is 12.0 Å². The van der Waals surface area contributed by atoms with E-state index in [2.05, 4.69) is 20.4 Å². The monoisotopic (exact) mass is 206 g/mol. The van der Waals surface area contributed by atoms with Crippen LogP contribution in [0.15, 0.2) is 12.2 Å². The molecule has 0 aromatic heterocycles. The summed E-state index contributed by atoms with van der Waals surface area (Å²) in [6.07, 6.45) is 7.35. The first kappa shape index (κ1) is 10.9. The molecule has 2 aliphatic rings. The van der Waals surface area contributed by atoms with Crippen molar-refractivity contribution in [2.75, 3.05) is 0 Å². The van der Waals surface area contributed by atoms with Crippen LogP contribution in [0.1, 0.15) is 58.8 Å². The molecule has 1 nitrogen and oxygen atoms in total. The summed E-state index contributed by atoms with van der Waals surface area (Å²) in [6, 6.07) is 0. The van der Waals surface area contributed by atoms with Gasteiger partial charge in [-0.05, 0) is 42.9 Å². The van der Waals surface area contributed by atoms with E-state index in [1.54, 1.807) is 0 Å². The number of fused-ring (bicyclic) bond motifs is 2. The third-order valence-electron chi connectivity index (χ3n) is 4.64. The summed E-state index contributed by atoms with van der Waals surface area (Å²) >= 11 is 0. The molecule has 2 rings (SSSR count). The average molecular weight is 206 g/mol. The van der Waals surface area contributed by atoms with Crippen molar-refractivity contribution in [1.82, 2.24) is 0 Å². The highest BCUT2D eigenvalue weighted by Gasteiger charge is 2.49. The van der Waals surface area contributed by atoms with Crippen LogP contribution in [0.3, 0.4) is 0 Å². The van der Waals surface area contributed by atoms with E-state index in [0.29, 0.717) is 5.78 Å². The second-order valence-electron chi connectivity index (χ2n) is 5.88. The summed E-state index contributed by atoms with van der Waals surface area (Å²) in [4.78, 5) is 11.9. The Hall–Kier alpha value is -0.590. The highest BCUT2D eigenvalue weighted by molar-refractivity contribution is 5.81. The van der Waals surface area contributed by atoms with Gasteiger partial charge in [0, 0.05) is 12.8 Å². The Kier molecular flexibility index (Phi) is 2.52. The van der Waals surface area contributed by atoms with E-state index in [9.17, 15) is 4.79 Å². The van der Waals surface area contributed by atoms with Gasteiger partial charge < -0.3 is 0 Å². The lowest BCUT2D eigenvalue weighted by Gasteiger charge is -2.52. The maximum atomic E-state index is 11.9. The summed E-state index contributed by atoms with van der Waals surface area (Å²) in [5.74, 6) is 0.498. The number of carbonyl (C=O) groups is 1. The van der Waals surface area contributed by atoms with Crippen molar-refractivity contribution in [3.8, 4) is 0 Å². The molecule has 2 unspecified atom stereocenters. The second-order valence-corrected chi connectivity index (χ2v) is 5.88. The molecule has 2 atom stereocenters. The number of hydrogen-bond acceptors (Lipinski definition) is 1. The van der Waals surface area contributed by atoms with Gasteiger partial charge in [-0.15, -0.1) is 0 Å². The molecule has 0 radical (unpaired) electrons. The molecule has 84 valence electrons. The van der Waals surface area contributed by atoms with Gasteiger partial charge in [0.1, 0.15) is 5.78 Å². The van der Waals surface area contributed by atoms with Crippen molar-refractivity contribution >= 4 is 5.78 Å². The van der Waals surface area contributed by atoms with E-state index in [0.717, 1.165) is 38.5 Å². The SMILES string of the molecule is C=C1CC2(CC)CC(=O)CC(CC)(C1)C2. The van der Waals surface area contributed by atoms with Crippen LogP contribution in [0, 0.1) is 10.8 Å². The fourth-order valence-electron chi connectivity index (χ4n) is 3.94. The zero-order chi connectivity index (χ0) is 11.1. The molecule has 0 saturated heterocycles. The van der Waals surface area contributed by atoms with E-state index >= 15 is 0 Å². The van der Waals surface area contributed by atoms with E-state index in [4.69, 9.17) is 0 Å². The Labute approximate surface area is 92.9 Å².